The Labute approximate surface area is 286 Å². The molecule has 49 heavy (non-hydrogen) atoms. The number of fused-ring (bicyclic) bond motifs is 6. The number of nitrogens with zero attached hydrogens (tertiary/aromatic N) is 1. The van der Waals surface area contributed by atoms with E-state index in [9.17, 15) is 28.8 Å². The van der Waals surface area contributed by atoms with Gasteiger partial charge in [-0.05, 0) is 47.5 Å². The van der Waals surface area contributed by atoms with E-state index in [1.54, 1.807) is 55.5 Å². The van der Waals surface area contributed by atoms with Crippen LogP contribution in [0.15, 0.2) is 65.6 Å². The summed E-state index contributed by atoms with van der Waals surface area (Å²) in [5.41, 5.74) is 1.23. The molecule has 5 atom stereocenters. The molecule has 0 spiro atoms. The van der Waals surface area contributed by atoms with Gasteiger partial charge in [-0.1, -0.05) is 36.4 Å². The predicted molar refractivity (Wildman–Crippen MR) is 177 cm³/mol. The van der Waals surface area contributed by atoms with Gasteiger partial charge in [0.1, 0.15) is 12.4 Å². The van der Waals surface area contributed by atoms with Crippen molar-refractivity contribution < 1.29 is 47.7 Å². The Morgan fingerprint density at radius 3 is 2.27 bits per heavy atom. The van der Waals surface area contributed by atoms with Crippen molar-refractivity contribution in [1.29, 1.82) is 0 Å². The fourth-order valence-corrected chi connectivity index (χ4v) is 7.60. The number of methoxy groups -OCH3 is 2. The van der Waals surface area contributed by atoms with Gasteiger partial charge >= 0.3 is 11.9 Å². The molecule has 0 saturated carbocycles. The summed E-state index contributed by atoms with van der Waals surface area (Å²) in [4.78, 5) is 78.8. The molecule has 6 rings (SSSR count). The number of amides is 3. The van der Waals surface area contributed by atoms with E-state index >= 15 is 0 Å². The zero-order chi connectivity index (χ0) is 34.8. The first kappa shape index (κ1) is 33.9. The molecule has 0 aliphatic carbocycles. The summed E-state index contributed by atoms with van der Waals surface area (Å²) in [6, 6.07) is 12.9. The highest BCUT2D eigenvalue weighted by Crippen LogP contribution is 2.45. The molecule has 1 N–H and O–H groups in total. The molecule has 3 heterocycles. The smallest absolute Gasteiger partial charge is 0.338 e. The summed E-state index contributed by atoms with van der Waals surface area (Å²) in [5, 5.41) is 4.26. The van der Waals surface area contributed by atoms with Crippen LogP contribution < -0.4 is 10.1 Å². The van der Waals surface area contributed by atoms with E-state index in [-0.39, 0.29) is 48.4 Å². The Balaban J connectivity index is 1.14. The number of carbonyl (C=O) groups excluding carboxylic acids is 6. The largest absolute Gasteiger partial charge is 0.491 e. The van der Waals surface area contributed by atoms with Crippen LogP contribution in [0.25, 0.3) is 10.8 Å². The van der Waals surface area contributed by atoms with Crippen LogP contribution in [0.3, 0.4) is 0 Å². The maximum absolute atomic E-state index is 13.6. The Morgan fingerprint density at radius 1 is 0.959 bits per heavy atom. The van der Waals surface area contributed by atoms with E-state index in [2.05, 4.69) is 5.32 Å². The molecule has 13 heteroatoms. The molecule has 1 unspecified atom stereocenters. The number of hydrogen-bond acceptors (Lipinski definition) is 11. The van der Waals surface area contributed by atoms with Gasteiger partial charge in [0, 0.05) is 23.6 Å². The average molecular weight is 687 g/mol. The van der Waals surface area contributed by atoms with E-state index in [1.807, 2.05) is 12.1 Å². The molecule has 2 bridgehead atoms. The van der Waals surface area contributed by atoms with E-state index < -0.39 is 42.0 Å². The lowest BCUT2D eigenvalue weighted by atomic mass is 9.85. The Kier molecular flexibility index (Phi) is 9.84. The number of ether oxygens (including phenoxy) is 4. The number of thioether (sulfide) groups is 1. The summed E-state index contributed by atoms with van der Waals surface area (Å²) in [6.07, 6.45) is 3.47. The van der Waals surface area contributed by atoms with Crippen LogP contribution in [0.2, 0.25) is 0 Å². The fraction of sp³-hybridized carbons (Fsp3) is 0.333. The summed E-state index contributed by atoms with van der Waals surface area (Å²) in [6.45, 7) is 1.59. The Bertz CT molecular complexity index is 1860. The maximum Gasteiger partial charge on any atom is 0.338 e. The lowest BCUT2D eigenvalue weighted by molar-refractivity contribution is -0.146. The van der Waals surface area contributed by atoms with Gasteiger partial charge in [-0.2, -0.15) is 0 Å². The molecule has 3 aliphatic heterocycles. The zero-order valence-corrected chi connectivity index (χ0v) is 27.8. The number of hydrogen-bond donors (Lipinski definition) is 1. The molecule has 254 valence electrons. The highest BCUT2D eigenvalue weighted by atomic mass is 32.2. The highest BCUT2D eigenvalue weighted by Gasteiger charge is 2.61. The van der Waals surface area contributed by atoms with Crippen LogP contribution in [0.5, 0.6) is 5.75 Å². The zero-order valence-electron chi connectivity index (χ0n) is 27.0. The van der Waals surface area contributed by atoms with Crippen molar-refractivity contribution in [1.82, 2.24) is 10.2 Å². The van der Waals surface area contributed by atoms with Gasteiger partial charge in [-0.25, -0.2) is 9.59 Å². The van der Waals surface area contributed by atoms with Crippen molar-refractivity contribution in [3.05, 3.63) is 82.9 Å². The SMILES string of the molecule is COC(=O)c1cc2cccc(SCCC(=O)NCC(COc3cccc(C)c3C=O)N3C(=O)[C@@H]4[C@H](C3=O)[C@H]3C=C[C@@H]4O3)c2cc1C(=O)OC. The second-order valence-corrected chi connectivity index (χ2v) is 13.0. The summed E-state index contributed by atoms with van der Waals surface area (Å²) < 4.78 is 21.5. The minimum atomic E-state index is -0.833. The van der Waals surface area contributed by atoms with E-state index in [1.165, 1.54) is 30.9 Å². The first-order valence-corrected chi connectivity index (χ1v) is 16.7. The molecule has 2 fully saturated rings. The van der Waals surface area contributed by atoms with Gasteiger partial charge in [0.25, 0.3) is 0 Å². The minimum absolute atomic E-state index is 0.0562. The molecular weight excluding hydrogens is 652 g/mol. The second kappa shape index (κ2) is 14.2. The number of aryl methyl sites for hydroxylation is 1. The number of esters is 2. The van der Waals surface area contributed by atoms with Crippen LogP contribution >= 0.6 is 11.8 Å². The van der Waals surface area contributed by atoms with Gasteiger partial charge in [0.15, 0.2) is 6.29 Å². The maximum atomic E-state index is 13.6. The third kappa shape index (κ3) is 6.43. The van der Waals surface area contributed by atoms with Gasteiger partial charge in [0.2, 0.25) is 17.7 Å². The Hall–Kier alpha value is -5.01. The number of aldehydes is 1. The first-order valence-electron chi connectivity index (χ1n) is 15.7. The lowest BCUT2D eigenvalue weighted by Crippen LogP contribution is -2.51. The molecular formula is C36H34N2O10S. The van der Waals surface area contributed by atoms with Crippen LogP contribution in [0.1, 0.15) is 43.1 Å². The van der Waals surface area contributed by atoms with Crippen molar-refractivity contribution in [2.75, 3.05) is 33.1 Å². The van der Waals surface area contributed by atoms with Gasteiger partial charge in [-0.3, -0.25) is 24.1 Å². The number of imide groups is 1. The van der Waals surface area contributed by atoms with Gasteiger partial charge in [-0.15, -0.1) is 11.8 Å². The van der Waals surface area contributed by atoms with Crippen molar-refractivity contribution in [2.24, 2.45) is 11.8 Å². The van der Waals surface area contributed by atoms with E-state index in [4.69, 9.17) is 18.9 Å². The summed E-state index contributed by atoms with van der Waals surface area (Å²) >= 11 is 1.39. The number of likely N-dealkylation sites (tertiary alicyclic amines) is 1. The highest BCUT2D eigenvalue weighted by molar-refractivity contribution is 7.99. The van der Waals surface area contributed by atoms with Crippen LogP contribution in [-0.2, 0) is 28.6 Å². The third-order valence-corrected chi connectivity index (χ3v) is 10.1. The molecule has 3 aromatic rings. The molecule has 3 aliphatic rings. The third-order valence-electron chi connectivity index (χ3n) is 9.05. The molecule has 3 aromatic carbocycles. The van der Waals surface area contributed by atoms with Crippen LogP contribution in [0, 0.1) is 18.8 Å². The lowest BCUT2D eigenvalue weighted by Gasteiger charge is -2.28. The number of benzene rings is 3. The standard InChI is InChI=1S/C36H34N2O10S/c1-19-6-4-8-26(25(19)17-39)47-18-21(38-33(41)31-27-10-11-28(48-27)32(31)34(38)42)16-37-30(40)12-13-49-29-9-5-7-20-14-23(35(43)45-2)24(15-22(20)29)36(44)46-3/h4-11,14-15,17,21,27-28,31-32H,12-13,16,18H2,1-3H3,(H,37,40)/t21?,27-,28+,31-,32+. The molecule has 12 nitrogen and oxygen atoms in total. The molecule has 0 radical (unpaired) electrons. The average Bonchev–Trinajstić information content (AvgIpc) is 3.80. The van der Waals surface area contributed by atoms with Crippen molar-refractivity contribution in [3.63, 3.8) is 0 Å². The number of rotatable bonds is 13. The van der Waals surface area contributed by atoms with E-state index in [0.29, 0.717) is 39.7 Å². The van der Waals surface area contributed by atoms with Crippen LogP contribution in [0.4, 0.5) is 0 Å². The quantitative estimate of drug-likeness (QED) is 0.0924. The monoisotopic (exact) mass is 686 g/mol. The van der Waals surface area contributed by atoms with Crippen molar-refractivity contribution >= 4 is 58.5 Å². The summed E-state index contributed by atoms with van der Waals surface area (Å²) in [5.74, 6) is -2.96. The Morgan fingerprint density at radius 2 is 1.61 bits per heavy atom. The van der Waals surface area contributed by atoms with Crippen molar-refractivity contribution in [2.45, 2.75) is 36.5 Å². The molecule has 0 aromatic heterocycles. The second-order valence-electron chi connectivity index (χ2n) is 11.9. The minimum Gasteiger partial charge on any atom is -0.491 e. The van der Waals surface area contributed by atoms with Gasteiger partial charge < -0.3 is 24.3 Å². The first-order chi connectivity index (χ1) is 23.7. The predicted octanol–water partition coefficient (Wildman–Crippen LogP) is 3.52. The van der Waals surface area contributed by atoms with Crippen LogP contribution in [-0.4, -0.2) is 92.2 Å². The van der Waals surface area contributed by atoms with Crippen molar-refractivity contribution in [3.8, 4) is 5.75 Å². The topological polar surface area (TPSA) is 155 Å². The normalized spacial score (nSPS) is 21.1. The molecule has 2 saturated heterocycles. The number of nitrogens with one attached hydrogen (secondary N) is 1. The number of carbonyl (C=O) groups is 6. The van der Waals surface area contributed by atoms with E-state index in [0.717, 1.165) is 4.90 Å². The molecule has 3 amide bonds. The summed E-state index contributed by atoms with van der Waals surface area (Å²) in [7, 11) is 2.46. The van der Waals surface area contributed by atoms with Gasteiger partial charge in [0.05, 0.1) is 61.0 Å². The fourth-order valence-electron chi connectivity index (χ4n) is 6.58.